The molecule has 2 unspecified atom stereocenters. The van der Waals surface area contributed by atoms with Crippen LogP contribution >= 0.6 is 0 Å². The predicted octanol–water partition coefficient (Wildman–Crippen LogP) is 0.913. The number of hydrogen-bond acceptors (Lipinski definition) is 3. The fourth-order valence-corrected chi connectivity index (χ4v) is 2.28. The average molecular weight is 257 g/mol. The van der Waals surface area contributed by atoms with E-state index in [2.05, 4.69) is 15.5 Å². The Morgan fingerprint density at radius 3 is 2.65 bits per heavy atom. The van der Waals surface area contributed by atoms with Gasteiger partial charge in [-0.25, -0.2) is 0 Å². The minimum Gasteiger partial charge on any atom is -0.349 e. The number of rotatable bonds is 5. The maximum Gasteiger partial charge on any atom is 0.255 e. The molecule has 0 aromatic carbocycles. The highest BCUT2D eigenvalue weighted by atomic mass is 32.2. The number of nitrogens with one attached hydrogen (secondary N) is 2. The van der Waals surface area contributed by atoms with Crippen LogP contribution in [0.3, 0.4) is 0 Å². The smallest absolute Gasteiger partial charge is 0.255 e. The Balaban J connectivity index is 2.58. The molecule has 0 aliphatic rings. The second-order valence-electron chi connectivity index (χ2n) is 4.25. The monoisotopic (exact) mass is 257 g/mol. The van der Waals surface area contributed by atoms with E-state index in [9.17, 15) is 9.00 Å². The number of nitrogens with zero attached hydrogens (tertiary/aromatic N) is 1. The van der Waals surface area contributed by atoms with Gasteiger partial charge in [0.15, 0.2) is 0 Å². The van der Waals surface area contributed by atoms with Crippen LogP contribution < -0.4 is 5.32 Å². The molecule has 2 atom stereocenters. The molecule has 0 radical (unpaired) electrons. The molecule has 0 aliphatic carbocycles. The maximum atomic E-state index is 12.0. The van der Waals surface area contributed by atoms with Crippen molar-refractivity contribution < 1.29 is 9.00 Å². The van der Waals surface area contributed by atoms with Crippen molar-refractivity contribution in [1.82, 2.24) is 15.5 Å². The van der Waals surface area contributed by atoms with E-state index < -0.39 is 10.8 Å². The van der Waals surface area contributed by atoms with Crippen LogP contribution in [0.15, 0.2) is 0 Å². The lowest BCUT2D eigenvalue weighted by Gasteiger charge is -2.13. The van der Waals surface area contributed by atoms with Crippen molar-refractivity contribution in [2.75, 3.05) is 12.0 Å². The van der Waals surface area contributed by atoms with Gasteiger partial charge in [0.1, 0.15) is 0 Å². The van der Waals surface area contributed by atoms with Crippen molar-refractivity contribution in [3.05, 3.63) is 17.0 Å². The number of aromatic amines is 1. The van der Waals surface area contributed by atoms with Gasteiger partial charge in [-0.2, -0.15) is 5.10 Å². The number of hydrogen-bond donors (Lipinski definition) is 2. The maximum absolute atomic E-state index is 12.0. The lowest BCUT2D eigenvalue weighted by molar-refractivity contribution is 0.0938. The van der Waals surface area contributed by atoms with E-state index in [0.29, 0.717) is 23.4 Å². The zero-order valence-electron chi connectivity index (χ0n) is 10.7. The fraction of sp³-hybridized carbons (Fsp3) is 0.636. The summed E-state index contributed by atoms with van der Waals surface area (Å²) in [6.07, 6.45) is 2.38. The largest absolute Gasteiger partial charge is 0.349 e. The molecule has 6 heteroatoms. The van der Waals surface area contributed by atoms with Crippen LogP contribution in [0.5, 0.6) is 0 Å². The first-order chi connectivity index (χ1) is 7.91. The average Bonchev–Trinajstić information content (AvgIpc) is 2.55. The van der Waals surface area contributed by atoms with E-state index in [1.165, 1.54) is 0 Å². The summed E-state index contributed by atoms with van der Waals surface area (Å²) in [6, 6.07) is 0.0140. The Hall–Kier alpha value is -1.17. The number of carbonyl (C=O) groups is 1. The summed E-state index contributed by atoms with van der Waals surface area (Å²) < 4.78 is 11.0. The molecule has 0 saturated carbocycles. The zero-order valence-corrected chi connectivity index (χ0v) is 11.5. The van der Waals surface area contributed by atoms with Crippen LogP contribution in [0.1, 0.15) is 35.1 Å². The summed E-state index contributed by atoms with van der Waals surface area (Å²) in [4.78, 5) is 12.0. The third-order valence-corrected chi connectivity index (χ3v) is 3.38. The Morgan fingerprint density at radius 1 is 1.53 bits per heavy atom. The lowest BCUT2D eigenvalue weighted by Crippen LogP contribution is -2.34. The van der Waals surface area contributed by atoms with Gasteiger partial charge < -0.3 is 5.32 Å². The van der Waals surface area contributed by atoms with Crippen molar-refractivity contribution in [3.8, 4) is 0 Å². The summed E-state index contributed by atoms with van der Waals surface area (Å²) in [5.41, 5.74) is 2.08. The van der Waals surface area contributed by atoms with E-state index in [0.717, 1.165) is 5.69 Å². The molecule has 5 nitrogen and oxygen atoms in total. The van der Waals surface area contributed by atoms with Crippen molar-refractivity contribution in [3.63, 3.8) is 0 Å². The van der Waals surface area contributed by atoms with Gasteiger partial charge in [0.2, 0.25) is 0 Å². The summed E-state index contributed by atoms with van der Waals surface area (Å²) in [7, 11) is -0.816. The Morgan fingerprint density at radius 2 is 2.18 bits per heavy atom. The summed E-state index contributed by atoms with van der Waals surface area (Å²) in [5, 5.41) is 9.65. The van der Waals surface area contributed by atoms with Crippen molar-refractivity contribution in [2.24, 2.45) is 0 Å². The highest BCUT2D eigenvalue weighted by Crippen LogP contribution is 2.09. The van der Waals surface area contributed by atoms with Crippen LogP contribution in [0, 0.1) is 13.8 Å². The first kappa shape index (κ1) is 13.9. The molecule has 1 aromatic rings. The van der Waals surface area contributed by atoms with Crippen LogP contribution in [0.25, 0.3) is 0 Å². The summed E-state index contributed by atoms with van der Waals surface area (Å²) in [6.45, 7) is 5.53. The molecular weight excluding hydrogens is 238 g/mol. The molecule has 0 fully saturated rings. The molecule has 17 heavy (non-hydrogen) atoms. The molecule has 1 rings (SSSR count). The van der Waals surface area contributed by atoms with Gasteiger partial charge in [0.05, 0.1) is 11.3 Å². The lowest BCUT2D eigenvalue weighted by atomic mass is 10.1. The van der Waals surface area contributed by atoms with Gasteiger partial charge in [-0.15, -0.1) is 0 Å². The molecule has 0 bridgehead atoms. The standard InChI is InChI=1S/C11H19N3O2S/c1-7(5-6-17(4)16)12-11(15)10-8(2)13-14-9(10)3/h7H,5-6H2,1-4H3,(H,12,15)(H,13,14). The van der Waals surface area contributed by atoms with Crippen molar-refractivity contribution >= 4 is 16.7 Å². The Kier molecular flexibility index (Phi) is 4.86. The predicted molar refractivity (Wildman–Crippen MR) is 68.5 cm³/mol. The Bertz CT molecular complexity index is 409. The minimum atomic E-state index is -0.816. The van der Waals surface area contributed by atoms with Gasteiger partial charge in [-0.05, 0) is 27.2 Å². The topological polar surface area (TPSA) is 74.8 Å². The highest BCUT2D eigenvalue weighted by Gasteiger charge is 2.16. The van der Waals surface area contributed by atoms with Gasteiger partial charge >= 0.3 is 0 Å². The summed E-state index contributed by atoms with van der Waals surface area (Å²) >= 11 is 0. The van der Waals surface area contributed by atoms with E-state index in [4.69, 9.17) is 0 Å². The van der Waals surface area contributed by atoms with Crippen LogP contribution in [0.4, 0.5) is 0 Å². The van der Waals surface area contributed by atoms with Crippen molar-refractivity contribution in [2.45, 2.75) is 33.2 Å². The van der Waals surface area contributed by atoms with Gasteiger partial charge in [-0.1, -0.05) is 0 Å². The third kappa shape index (κ3) is 3.96. The molecule has 2 N–H and O–H groups in total. The molecule has 1 heterocycles. The van der Waals surface area contributed by atoms with Gasteiger partial charge in [-0.3, -0.25) is 14.1 Å². The zero-order chi connectivity index (χ0) is 13.0. The quantitative estimate of drug-likeness (QED) is 0.823. The summed E-state index contributed by atoms with van der Waals surface area (Å²) in [5.74, 6) is 0.480. The number of amides is 1. The second kappa shape index (κ2) is 5.95. The van der Waals surface area contributed by atoms with Crippen LogP contribution in [-0.2, 0) is 10.8 Å². The number of aryl methyl sites for hydroxylation is 2. The number of carbonyl (C=O) groups excluding carboxylic acids is 1. The van der Waals surface area contributed by atoms with Gasteiger partial charge in [0, 0.05) is 34.5 Å². The van der Waals surface area contributed by atoms with E-state index in [1.807, 2.05) is 13.8 Å². The Labute approximate surface area is 104 Å². The molecular formula is C11H19N3O2S. The first-order valence-corrected chi connectivity index (χ1v) is 7.27. The van der Waals surface area contributed by atoms with E-state index in [1.54, 1.807) is 13.2 Å². The normalized spacial score (nSPS) is 14.4. The molecule has 0 aliphatic heterocycles. The van der Waals surface area contributed by atoms with E-state index in [-0.39, 0.29) is 11.9 Å². The number of H-pyrrole nitrogens is 1. The molecule has 1 amide bonds. The molecule has 0 saturated heterocycles. The van der Waals surface area contributed by atoms with Gasteiger partial charge in [0.25, 0.3) is 5.91 Å². The number of aromatic nitrogens is 2. The van der Waals surface area contributed by atoms with Crippen LogP contribution in [-0.4, -0.2) is 38.4 Å². The minimum absolute atomic E-state index is 0.0140. The highest BCUT2D eigenvalue weighted by molar-refractivity contribution is 7.84. The fourth-order valence-electron chi connectivity index (χ4n) is 1.60. The van der Waals surface area contributed by atoms with Crippen molar-refractivity contribution in [1.29, 1.82) is 0 Å². The molecule has 96 valence electrons. The third-order valence-electron chi connectivity index (χ3n) is 2.57. The van der Waals surface area contributed by atoms with Crippen LogP contribution in [0.2, 0.25) is 0 Å². The first-order valence-electron chi connectivity index (χ1n) is 5.54. The van der Waals surface area contributed by atoms with E-state index >= 15 is 0 Å². The molecule has 1 aromatic heterocycles. The second-order valence-corrected chi connectivity index (χ2v) is 5.80. The molecule has 0 spiro atoms. The SMILES string of the molecule is Cc1n[nH]c(C)c1C(=O)NC(C)CCS(C)=O.